The van der Waals surface area contributed by atoms with Crippen molar-refractivity contribution in [1.82, 2.24) is 15.1 Å². The highest BCUT2D eigenvalue weighted by Crippen LogP contribution is 1.99. The van der Waals surface area contributed by atoms with E-state index in [9.17, 15) is 9.59 Å². The van der Waals surface area contributed by atoms with Crippen LogP contribution < -0.4 is 5.32 Å². The summed E-state index contributed by atoms with van der Waals surface area (Å²) in [5, 5.41) is 14.9. The number of aromatic carboxylic acids is 1. The van der Waals surface area contributed by atoms with Gasteiger partial charge in [0.2, 0.25) is 0 Å². The number of nitrogens with one attached hydrogen (secondary N) is 1. The van der Waals surface area contributed by atoms with Crippen LogP contribution in [-0.4, -0.2) is 26.9 Å². The van der Waals surface area contributed by atoms with Gasteiger partial charge in [-0.25, -0.2) is 9.59 Å². The highest BCUT2D eigenvalue weighted by Gasteiger charge is 2.10. The van der Waals surface area contributed by atoms with Crippen molar-refractivity contribution in [2.24, 2.45) is 0 Å². The van der Waals surface area contributed by atoms with Crippen LogP contribution in [0.15, 0.2) is 42.6 Å². The minimum atomic E-state index is -1.16. The lowest BCUT2D eigenvalue weighted by atomic mass is 10.2. The molecule has 0 spiro atoms. The van der Waals surface area contributed by atoms with Crippen molar-refractivity contribution in [2.45, 2.75) is 6.54 Å². The molecule has 2 rings (SSSR count). The molecule has 0 saturated heterocycles. The molecule has 92 valence electrons. The minimum absolute atomic E-state index is 0.162. The smallest absolute Gasteiger partial charge is 0.356 e. The topological polar surface area (TPSA) is 84.2 Å². The summed E-state index contributed by atoms with van der Waals surface area (Å²) >= 11 is 0. The summed E-state index contributed by atoms with van der Waals surface area (Å²) in [6.07, 6.45) is 1.31. The fourth-order valence-corrected chi connectivity index (χ4v) is 1.41. The predicted octanol–water partition coefficient (Wildman–Crippen LogP) is 1.34. The molecule has 2 aromatic rings. The average Bonchev–Trinajstić information content (AvgIpc) is 2.87. The number of aromatic nitrogens is 2. The maximum absolute atomic E-state index is 11.7. The molecular formula is C12H11N3O3. The Bertz CT molecular complexity index is 563. The monoisotopic (exact) mass is 245 g/mol. The summed E-state index contributed by atoms with van der Waals surface area (Å²) < 4.78 is 0.965. The first kappa shape index (κ1) is 11.8. The molecule has 6 heteroatoms. The average molecular weight is 245 g/mol. The van der Waals surface area contributed by atoms with E-state index in [0.29, 0.717) is 6.54 Å². The summed E-state index contributed by atoms with van der Waals surface area (Å²) in [5.74, 6) is -1.16. The van der Waals surface area contributed by atoms with Crippen LogP contribution in [0.25, 0.3) is 0 Å². The van der Waals surface area contributed by atoms with Crippen LogP contribution in [0.2, 0.25) is 0 Å². The van der Waals surface area contributed by atoms with E-state index in [0.717, 1.165) is 10.2 Å². The summed E-state index contributed by atoms with van der Waals surface area (Å²) in [5.41, 5.74) is 0.793. The van der Waals surface area contributed by atoms with Gasteiger partial charge in [-0.1, -0.05) is 30.3 Å². The van der Waals surface area contributed by atoms with Gasteiger partial charge in [-0.2, -0.15) is 9.78 Å². The molecule has 0 bridgehead atoms. The van der Waals surface area contributed by atoms with E-state index in [2.05, 4.69) is 10.4 Å². The minimum Gasteiger partial charge on any atom is -0.476 e. The van der Waals surface area contributed by atoms with Crippen molar-refractivity contribution in [3.63, 3.8) is 0 Å². The molecule has 0 aliphatic carbocycles. The molecule has 0 fully saturated rings. The van der Waals surface area contributed by atoms with Gasteiger partial charge in [0.1, 0.15) is 0 Å². The van der Waals surface area contributed by atoms with Gasteiger partial charge in [0.25, 0.3) is 0 Å². The zero-order valence-corrected chi connectivity index (χ0v) is 9.41. The second-order valence-electron chi connectivity index (χ2n) is 3.60. The molecule has 0 radical (unpaired) electrons. The van der Waals surface area contributed by atoms with Crippen LogP contribution in [0.1, 0.15) is 16.1 Å². The summed E-state index contributed by atoms with van der Waals surface area (Å²) in [4.78, 5) is 22.3. The molecule has 0 atom stereocenters. The van der Waals surface area contributed by atoms with E-state index >= 15 is 0 Å². The van der Waals surface area contributed by atoms with Crippen LogP contribution in [0.3, 0.4) is 0 Å². The maximum atomic E-state index is 11.7. The van der Waals surface area contributed by atoms with Crippen LogP contribution in [0.5, 0.6) is 0 Å². The molecule has 0 aliphatic rings. The number of carbonyl (C=O) groups is 2. The van der Waals surface area contributed by atoms with Gasteiger partial charge in [-0.3, -0.25) is 0 Å². The Balaban J connectivity index is 1.97. The van der Waals surface area contributed by atoms with E-state index in [1.165, 1.54) is 12.3 Å². The van der Waals surface area contributed by atoms with Gasteiger partial charge in [-0.15, -0.1) is 0 Å². The molecule has 18 heavy (non-hydrogen) atoms. The molecular weight excluding hydrogens is 234 g/mol. The lowest BCUT2D eigenvalue weighted by Crippen LogP contribution is -2.28. The second kappa shape index (κ2) is 5.13. The van der Waals surface area contributed by atoms with Gasteiger partial charge in [0.15, 0.2) is 5.69 Å². The lowest BCUT2D eigenvalue weighted by Gasteiger charge is -2.04. The Labute approximate surface area is 103 Å². The van der Waals surface area contributed by atoms with Crippen LogP contribution in [0, 0.1) is 0 Å². The molecule has 1 amide bonds. The Kier molecular flexibility index (Phi) is 3.38. The Hall–Kier alpha value is -2.63. The number of benzene rings is 1. The molecule has 0 saturated carbocycles. The molecule has 1 aromatic heterocycles. The third-order valence-corrected chi connectivity index (χ3v) is 2.30. The molecule has 0 unspecified atom stereocenters. The Morgan fingerprint density at radius 1 is 1.22 bits per heavy atom. The van der Waals surface area contributed by atoms with Gasteiger partial charge in [0, 0.05) is 12.7 Å². The fraction of sp³-hybridized carbons (Fsp3) is 0.0833. The standard InChI is InChI=1S/C12H11N3O3/c16-11(17)10-6-7-15(14-10)12(18)13-8-9-4-2-1-3-5-9/h1-7H,8H2,(H,13,18)(H,16,17). The molecule has 2 N–H and O–H groups in total. The second-order valence-corrected chi connectivity index (χ2v) is 3.60. The van der Waals surface area contributed by atoms with Crippen molar-refractivity contribution in [2.75, 3.05) is 0 Å². The van der Waals surface area contributed by atoms with E-state index in [4.69, 9.17) is 5.11 Å². The van der Waals surface area contributed by atoms with Crippen molar-refractivity contribution in [3.8, 4) is 0 Å². The van der Waals surface area contributed by atoms with Crippen LogP contribution in [-0.2, 0) is 6.54 Å². The largest absolute Gasteiger partial charge is 0.476 e. The number of carbonyl (C=O) groups excluding carboxylic acids is 1. The number of carboxylic acids is 1. The first-order chi connectivity index (χ1) is 8.66. The summed E-state index contributed by atoms with van der Waals surface area (Å²) in [6.45, 7) is 0.363. The van der Waals surface area contributed by atoms with Crippen molar-refractivity contribution in [1.29, 1.82) is 0 Å². The van der Waals surface area contributed by atoms with E-state index in [1.54, 1.807) is 0 Å². The Morgan fingerprint density at radius 2 is 1.94 bits per heavy atom. The first-order valence-corrected chi connectivity index (χ1v) is 5.28. The third-order valence-electron chi connectivity index (χ3n) is 2.30. The lowest BCUT2D eigenvalue weighted by molar-refractivity contribution is 0.0690. The molecule has 0 aliphatic heterocycles. The van der Waals surface area contributed by atoms with E-state index in [-0.39, 0.29) is 5.69 Å². The molecule has 1 heterocycles. The van der Waals surface area contributed by atoms with Crippen molar-refractivity contribution >= 4 is 12.0 Å². The van der Waals surface area contributed by atoms with E-state index in [1.807, 2.05) is 30.3 Å². The first-order valence-electron chi connectivity index (χ1n) is 5.28. The highest BCUT2D eigenvalue weighted by molar-refractivity contribution is 5.86. The normalized spacial score (nSPS) is 10.0. The molecule has 6 nitrogen and oxygen atoms in total. The van der Waals surface area contributed by atoms with Crippen LogP contribution in [0.4, 0.5) is 4.79 Å². The summed E-state index contributed by atoms with van der Waals surface area (Å²) in [7, 11) is 0. The maximum Gasteiger partial charge on any atom is 0.356 e. The van der Waals surface area contributed by atoms with Crippen molar-refractivity contribution in [3.05, 3.63) is 53.9 Å². The zero-order valence-electron chi connectivity index (χ0n) is 9.41. The van der Waals surface area contributed by atoms with Gasteiger partial charge in [0.05, 0.1) is 0 Å². The van der Waals surface area contributed by atoms with E-state index < -0.39 is 12.0 Å². The zero-order chi connectivity index (χ0) is 13.0. The number of amides is 1. The van der Waals surface area contributed by atoms with Gasteiger partial charge < -0.3 is 10.4 Å². The van der Waals surface area contributed by atoms with Gasteiger partial charge >= 0.3 is 12.0 Å². The number of carboxylic acid groups (broad SMARTS) is 1. The quantitative estimate of drug-likeness (QED) is 0.854. The number of hydrogen-bond donors (Lipinski definition) is 2. The fourth-order valence-electron chi connectivity index (χ4n) is 1.41. The Morgan fingerprint density at radius 3 is 2.56 bits per heavy atom. The summed E-state index contributed by atoms with van der Waals surface area (Å²) in [6, 6.07) is 10.2. The number of nitrogens with zero attached hydrogens (tertiary/aromatic N) is 2. The van der Waals surface area contributed by atoms with Crippen molar-refractivity contribution < 1.29 is 14.7 Å². The number of rotatable bonds is 3. The highest BCUT2D eigenvalue weighted by atomic mass is 16.4. The third kappa shape index (κ3) is 2.73. The number of hydrogen-bond acceptors (Lipinski definition) is 3. The van der Waals surface area contributed by atoms with Crippen LogP contribution >= 0.6 is 0 Å². The predicted molar refractivity (Wildman–Crippen MR) is 63.3 cm³/mol. The molecule has 1 aromatic carbocycles. The van der Waals surface area contributed by atoms with Gasteiger partial charge in [-0.05, 0) is 11.6 Å². The SMILES string of the molecule is O=C(O)c1ccn(C(=O)NCc2ccccc2)n1.